The molecule has 0 aromatic heterocycles. The standard InChI is InChI=1S/C9H7N3O6/c13-8(14)7(9(15)16)11-10-5-2-1-3-6(4-5)12(17)18/h1-4,10H,(H,13,14)(H,15,16). The maximum atomic E-state index is 10.5. The molecule has 1 aromatic rings. The van der Waals surface area contributed by atoms with Gasteiger partial charge in [0.1, 0.15) is 0 Å². The van der Waals surface area contributed by atoms with Crippen molar-refractivity contribution in [3.63, 3.8) is 0 Å². The van der Waals surface area contributed by atoms with E-state index >= 15 is 0 Å². The molecule has 0 saturated carbocycles. The van der Waals surface area contributed by atoms with Crippen molar-refractivity contribution in [1.82, 2.24) is 0 Å². The quantitative estimate of drug-likeness (QED) is 0.300. The number of hydrazone groups is 1. The molecule has 3 N–H and O–H groups in total. The van der Waals surface area contributed by atoms with E-state index in [1.54, 1.807) is 0 Å². The number of carboxylic acids is 2. The number of carboxylic acid groups (broad SMARTS) is 2. The van der Waals surface area contributed by atoms with Gasteiger partial charge in [0, 0.05) is 12.1 Å². The topological polar surface area (TPSA) is 142 Å². The Morgan fingerprint density at radius 2 is 1.89 bits per heavy atom. The van der Waals surface area contributed by atoms with Gasteiger partial charge in [0.05, 0.1) is 10.6 Å². The molecule has 0 atom stereocenters. The summed E-state index contributed by atoms with van der Waals surface area (Å²) in [5.74, 6) is -3.44. The number of benzene rings is 1. The predicted molar refractivity (Wildman–Crippen MR) is 59.4 cm³/mol. The Bertz CT molecular complexity index is 523. The molecule has 0 fully saturated rings. The molecule has 0 unspecified atom stereocenters. The summed E-state index contributed by atoms with van der Waals surface area (Å²) in [6, 6.07) is 5.03. The molecule has 9 nitrogen and oxygen atoms in total. The van der Waals surface area contributed by atoms with Gasteiger partial charge < -0.3 is 10.2 Å². The molecular formula is C9H7N3O6. The minimum atomic E-state index is -1.72. The minimum absolute atomic E-state index is 0.101. The number of hydrogen-bond acceptors (Lipinski definition) is 6. The van der Waals surface area contributed by atoms with E-state index in [-0.39, 0.29) is 11.4 Å². The zero-order valence-corrected chi connectivity index (χ0v) is 8.73. The maximum Gasteiger partial charge on any atom is 0.364 e. The lowest BCUT2D eigenvalue weighted by Crippen LogP contribution is -2.24. The predicted octanol–water partition coefficient (Wildman–Crippen LogP) is 0.532. The number of hydrogen-bond donors (Lipinski definition) is 3. The van der Waals surface area contributed by atoms with E-state index in [0.29, 0.717) is 0 Å². The van der Waals surface area contributed by atoms with Gasteiger partial charge in [-0.05, 0) is 6.07 Å². The Balaban J connectivity index is 2.94. The summed E-state index contributed by atoms with van der Waals surface area (Å²) in [5.41, 5.74) is 0.868. The van der Waals surface area contributed by atoms with E-state index in [1.807, 2.05) is 0 Å². The number of nitrogens with one attached hydrogen (secondary N) is 1. The fourth-order valence-corrected chi connectivity index (χ4v) is 0.997. The maximum absolute atomic E-state index is 10.5. The lowest BCUT2D eigenvalue weighted by atomic mass is 10.3. The molecule has 0 spiro atoms. The molecule has 0 radical (unpaired) electrons. The molecule has 94 valence electrons. The Morgan fingerprint density at radius 1 is 1.28 bits per heavy atom. The Kier molecular flexibility index (Phi) is 3.92. The fraction of sp³-hybridized carbons (Fsp3) is 0. The largest absolute Gasteiger partial charge is 0.476 e. The highest BCUT2D eigenvalue weighted by Gasteiger charge is 2.18. The number of aliphatic carboxylic acids is 2. The van der Waals surface area contributed by atoms with Crippen LogP contribution in [0.4, 0.5) is 11.4 Å². The zero-order chi connectivity index (χ0) is 13.7. The summed E-state index contributed by atoms with van der Waals surface area (Å²) in [6.07, 6.45) is 0. The van der Waals surface area contributed by atoms with Gasteiger partial charge in [-0.3, -0.25) is 15.5 Å². The van der Waals surface area contributed by atoms with Gasteiger partial charge in [0.25, 0.3) is 11.4 Å². The highest BCUT2D eigenvalue weighted by Crippen LogP contribution is 2.16. The smallest absolute Gasteiger partial charge is 0.364 e. The highest BCUT2D eigenvalue weighted by atomic mass is 16.6. The molecular weight excluding hydrogens is 246 g/mol. The average molecular weight is 253 g/mol. The third-order valence-corrected chi connectivity index (χ3v) is 1.76. The number of non-ortho nitro benzene ring substituents is 1. The molecule has 0 aliphatic carbocycles. The summed E-state index contributed by atoms with van der Waals surface area (Å²) < 4.78 is 0. The molecule has 0 saturated heterocycles. The third kappa shape index (κ3) is 3.27. The lowest BCUT2D eigenvalue weighted by Gasteiger charge is -2.00. The molecule has 0 aliphatic rings. The number of nitro benzene ring substituents is 1. The molecule has 0 amide bonds. The van der Waals surface area contributed by atoms with E-state index in [1.165, 1.54) is 18.2 Å². The van der Waals surface area contributed by atoms with Crippen LogP contribution in [0.1, 0.15) is 0 Å². The van der Waals surface area contributed by atoms with Crippen LogP contribution in [0.3, 0.4) is 0 Å². The van der Waals surface area contributed by atoms with Crippen molar-refractivity contribution in [2.75, 3.05) is 5.43 Å². The van der Waals surface area contributed by atoms with Crippen LogP contribution < -0.4 is 5.43 Å². The Hall–Kier alpha value is -2.97. The van der Waals surface area contributed by atoms with Gasteiger partial charge in [-0.2, -0.15) is 5.10 Å². The van der Waals surface area contributed by atoms with Crippen LogP contribution >= 0.6 is 0 Å². The molecule has 0 heterocycles. The van der Waals surface area contributed by atoms with Crippen molar-refractivity contribution in [1.29, 1.82) is 0 Å². The Labute approximate surface area is 99.5 Å². The highest BCUT2D eigenvalue weighted by molar-refractivity contribution is 6.61. The molecule has 1 aromatic carbocycles. The number of nitro groups is 1. The molecule has 0 bridgehead atoms. The van der Waals surface area contributed by atoms with Crippen LogP contribution in [0.15, 0.2) is 29.4 Å². The first-order valence-corrected chi connectivity index (χ1v) is 4.46. The average Bonchev–Trinajstić information content (AvgIpc) is 2.28. The first-order chi connectivity index (χ1) is 8.41. The van der Waals surface area contributed by atoms with E-state index < -0.39 is 22.6 Å². The van der Waals surface area contributed by atoms with Crippen molar-refractivity contribution in [2.45, 2.75) is 0 Å². The van der Waals surface area contributed by atoms with Gasteiger partial charge in [0.15, 0.2) is 0 Å². The monoisotopic (exact) mass is 253 g/mol. The zero-order valence-electron chi connectivity index (χ0n) is 8.73. The number of anilines is 1. The molecule has 18 heavy (non-hydrogen) atoms. The van der Waals surface area contributed by atoms with E-state index in [4.69, 9.17) is 10.2 Å². The summed E-state index contributed by atoms with van der Waals surface area (Å²) in [5, 5.41) is 30.6. The first-order valence-electron chi connectivity index (χ1n) is 4.46. The molecule has 9 heteroatoms. The fourth-order valence-electron chi connectivity index (χ4n) is 0.997. The third-order valence-electron chi connectivity index (χ3n) is 1.76. The molecule has 0 aliphatic heterocycles. The molecule has 1 rings (SSSR count). The van der Waals surface area contributed by atoms with Crippen molar-refractivity contribution < 1.29 is 24.7 Å². The Morgan fingerprint density at radius 3 is 2.39 bits per heavy atom. The number of carbonyl (C=O) groups is 2. The van der Waals surface area contributed by atoms with Crippen molar-refractivity contribution in [2.24, 2.45) is 5.10 Å². The second-order valence-corrected chi connectivity index (χ2v) is 2.99. The second-order valence-electron chi connectivity index (χ2n) is 2.99. The van der Waals surface area contributed by atoms with Crippen LogP contribution in [-0.2, 0) is 9.59 Å². The minimum Gasteiger partial charge on any atom is -0.476 e. The van der Waals surface area contributed by atoms with Gasteiger partial charge in [-0.25, -0.2) is 9.59 Å². The normalized spacial score (nSPS) is 9.33. The van der Waals surface area contributed by atoms with Gasteiger partial charge in [-0.15, -0.1) is 0 Å². The van der Waals surface area contributed by atoms with Crippen LogP contribution in [0.2, 0.25) is 0 Å². The van der Waals surface area contributed by atoms with Crippen LogP contribution in [0.5, 0.6) is 0 Å². The van der Waals surface area contributed by atoms with Gasteiger partial charge in [0.2, 0.25) is 0 Å². The van der Waals surface area contributed by atoms with E-state index in [9.17, 15) is 19.7 Å². The van der Waals surface area contributed by atoms with E-state index in [0.717, 1.165) is 6.07 Å². The van der Waals surface area contributed by atoms with E-state index in [2.05, 4.69) is 10.5 Å². The first kappa shape index (κ1) is 13.1. The lowest BCUT2D eigenvalue weighted by molar-refractivity contribution is -0.384. The van der Waals surface area contributed by atoms with Gasteiger partial charge in [-0.1, -0.05) is 6.07 Å². The van der Waals surface area contributed by atoms with Gasteiger partial charge >= 0.3 is 11.9 Å². The number of nitrogens with zero attached hydrogens (tertiary/aromatic N) is 2. The summed E-state index contributed by atoms with van der Waals surface area (Å²) in [7, 11) is 0. The summed E-state index contributed by atoms with van der Waals surface area (Å²) in [6.45, 7) is 0. The van der Waals surface area contributed by atoms with Crippen LogP contribution in [0.25, 0.3) is 0 Å². The second kappa shape index (κ2) is 5.39. The number of rotatable bonds is 5. The van der Waals surface area contributed by atoms with Crippen molar-refractivity contribution in [3.8, 4) is 0 Å². The van der Waals surface area contributed by atoms with Crippen molar-refractivity contribution in [3.05, 3.63) is 34.4 Å². The summed E-state index contributed by atoms with van der Waals surface area (Å²) in [4.78, 5) is 30.8. The van der Waals surface area contributed by atoms with Crippen LogP contribution in [0, 0.1) is 10.1 Å². The van der Waals surface area contributed by atoms with Crippen molar-refractivity contribution >= 4 is 29.0 Å². The summed E-state index contributed by atoms with van der Waals surface area (Å²) >= 11 is 0. The van der Waals surface area contributed by atoms with Crippen LogP contribution in [-0.4, -0.2) is 32.8 Å². The SMILES string of the molecule is O=C(O)C(=NNc1cccc([N+](=O)[O-])c1)C(=O)O.